The maximum Gasteiger partial charge on any atom is 0.270 e. The van der Waals surface area contributed by atoms with Gasteiger partial charge in [0.15, 0.2) is 0 Å². The van der Waals surface area contributed by atoms with E-state index in [1.807, 2.05) is 13.0 Å². The molecule has 3 heterocycles. The Balaban J connectivity index is 1.48. The third-order valence-corrected chi connectivity index (χ3v) is 6.56. The van der Waals surface area contributed by atoms with Crippen LogP contribution in [0.3, 0.4) is 0 Å². The zero-order valence-corrected chi connectivity index (χ0v) is 19.5. The molecule has 0 spiro atoms. The first-order valence-electron chi connectivity index (χ1n) is 10.7. The number of benzene rings is 1. The Morgan fingerprint density at radius 3 is 2.79 bits per heavy atom. The van der Waals surface area contributed by atoms with Crippen LogP contribution in [-0.2, 0) is 4.79 Å². The minimum absolute atomic E-state index is 0.0540. The molecular weight excluding hydrogens is 456 g/mol. The molecule has 10 nitrogen and oxygen atoms in total. The Hall–Kier alpha value is -4.04. The van der Waals surface area contributed by atoms with Gasteiger partial charge < -0.3 is 9.32 Å². The maximum atomic E-state index is 12.6. The highest BCUT2D eigenvalue weighted by Crippen LogP contribution is 2.31. The fourth-order valence-corrected chi connectivity index (χ4v) is 4.40. The van der Waals surface area contributed by atoms with E-state index < -0.39 is 10.8 Å². The van der Waals surface area contributed by atoms with Crippen molar-refractivity contribution in [3.63, 3.8) is 0 Å². The third-order valence-electron chi connectivity index (χ3n) is 5.66. The third kappa shape index (κ3) is 5.13. The Morgan fingerprint density at radius 2 is 2.09 bits per heavy atom. The summed E-state index contributed by atoms with van der Waals surface area (Å²) in [5.41, 5.74) is 1.14. The van der Waals surface area contributed by atoms with E-state index in [1.165, 1.54) is 29.5 Å². The summed E-state index contributed by atoms with van der Waals surface area (Å²) in [5.74, 6) is 0.736. The zero-order valence-electron chi connectivity index (χ0n) is 18.6. The molecule has 0 saturated carbocycles. The quantitative estimate of drug-likeness (QED) is 0.231. The number of nitro groups is 1. The predicted molar refractivity (Wildman–Crippen MR) is 128 cm³/mol. The van der Waals surface area contributed by atoms with E-state index >= 15 is 0 Å². The molecule has 0 radical (unpaired) electrons. The van der Waals surface area contributed by atoms with Crippen molar-refractivity contribution >= 4 is 39.3 Å². The number of aromatic nitrogens is 2. The largest absolute Gasteiger partial charge is 0.457 e. The second kappa shape index (κ2) is 9.84. The molecule has 0 unspecified atom stereocenters. The fourth-order valence-electron chi connectivity index (χ4n) is 3.61. The number of furan rings is 1. The molecule has 174 valence electrons. The lowest BCUT2D eigenvalue weighted by Crippen LogP contribution is -2.32. The number of nitro benzene ring substituents is 1. The lowest BCUT2D eigenvalue weighted by molar-refractivity contribution is -0.384. The van der Waals surface area contributed by atoms with Gasteiger partial charge in [0.2, 0.25) is 10.3 Å². The molecule has 1 saturated heterocycles. The van der Waals surface area contributed by atoms with Crippen LogP contribution in [-0.4, -0.2) is 34.1 Å². The minimum Gasteiger partial charge on any atom is -0.457 e. The molecule has 4 rings (SSSR count). The molecule has 1 amide bonds. The smallest absolute Gasteiger partial charge is 0.270 e. The van der Waals surface area contributed by atoms with E-state index in [1.54, 1.807) is 18.2 Å². The van der Waals surface area contributed by atoms with Gasteiger partial charge in [0, 0.05) is 36.9 Å². The number of nitriles is 1. The van der Waals surface area contributed by atoms with Crippen LogP contribution in [0.1, 0.15) is 31.1 Å². The highest BCUT2D eigenvalue weighted by Gasteiger charge is 2.21. The highest BCUT2D eigenvalue weighted by atomic mass is 32.1. The number of carbonyl (C=O) groups is 1. The molecule has 0 bridgehead atoms. The van der Waals surface area contributed by atoms with E-state index in [2.05, 4.69) is 27.3 Å². The number of rotatable bonds is 6. The number of carbonyl (C=O) groups excluding carboxylic acids is 1. The number of aryl methyl sites for hydroxylation is 1. The van der Waals surface area contributed by atoms with Crippen molar-refractivity contribution in [3.8, 4) is 17.4 Å². The van der Waals surface area contributed by atoms with Gasteiger partial charge in [-0.25, -0.2) is 0 Å². The number of anilines is 2. The average Bonchev–Trinajstić information content (AvgIpc) is 3.48. The molecule has 1 N–H and O–H groups in total. The second-order valence-corrected chi connectivity index (χ2v) is 9.10. The summed E-state index contributed by atoms with van der Waals surface area (Å²) in [6, 6.07) is 9.60. The SMILES string of the molecule is Cc1ccc([N+](=O)[O-])cc1-c1ccc(/C=C(/C#N)C(=O)Nc2nnc(N3CCC(C)CC3)s2)o1. The summed E-state index contributed by atoms with van der Waals surface area (Å²) < 4.78 is 5.75. The topological polar surface area (TPSA) is 138 Å². The van der Waals surface area contributed by atoms with Gasteiger partial charge in [-0.1, -0.05) is 24.3 Å². The number of non-ortho nitro benzene ring substituents is 1. The van der Waals surface area contributed by atoms with Crippen LogP contribution >= 0.6 is 11.3 Å². The highest BCUT2D eigenvalue weighted by molar-refractivity contribution is 7.19. The lowest BCUT2D eigenvalue weighted by Gasteiger charge is -2.29. The Morgan fingerprint density at radius 1 is 1.32 bits per heavy atom. The van der Waals surface area contributed by atoms with E-state index in [0.29, 0.717) is 22.4 Å². The van der Waals surface area contributed by atoms with Crippen molar-refractivity contribution in [2.75, 3.05) is 23.3 Å². The van der Waals surface area contributed by atoms with Crippen LogP contribution in [0, 0.1) is 34.3 Å². The monoisotopic (exact) mass is 478 g/mol. The summed E-state index contributed by atoms with van der Waals surface area (Å²) in [5, 5.41) is 32.5. The zero-order chi connectivity index (χ0) is 24.2. The summed E-state index contributed by atoms with van der Waals surface area (Å²) in [6.45, 7) is 5.84. The Labute approximate surface area is 199 Å². The van der Waals surface area contributed by atoms with Crippen LogP contribution in [0.25, 0.3) is 17.4 Å². The van der Waals surface area contributed by atoms with Crippen LogP contribution in [0.15, 0.2) is 40.3 Å². The standard InChI is InChI=1S/C23H22N6O4S/c1-14-7-9-28(10-8-14)23-27-26-22(34-23)25-21(30)16(13-24)11-18-5-6-20(33-18)19-12-17(29(31)32)4-3-15(19)2/h3-6,11-12,14H,7-10H2,1-2H3,(H,25,26,30)/b16-11-. The molecule has 1 aromatic carbocycles. The maximum absolute atomic E-state index is 12.6. The average molecular weight is 479 g/mol. The molecule has 1 aliphatic rings. The summed E-state index contributed by atoms with van der Waals surface area (Å²) in [7, 11) is 0. The molecular formula is C23H22N6O4S. The molecule has 0 aliphatic carbocycles. The lowest BCUT2D eigenvalue weighted by atomic mass is 10.00. The van der Waals surface area contributed by atoms with Crippen LogP contribution in [0.2, 0.25) is 0 Å². The summed E-state index contributed by atoms with van der Waals surface area (Å²) >= 11 is 1.27. The van der Waals surface area contributed by atoms with Crippen molar-refractivity contribution < 1.29 is 14.1 Å². The first-order valence-corrected chi connectivity index (χ1v) is 11.5. The Bertz CT molecular complexity index is 1300. The van der Waals surface area contributed by atoms with Crippen molar-refractivity contribution in [2.24, 2.45) is 5.92 Å². The van der Waals surface area contributed by atoms with E-state index in [9.17, 15) is 20.2 Å². The molecule has 1 fully saturated rings. The van der Waals surface area contributed by atoms with Gasteiger partial charge in [0.25, 0.3) is 11.6 Å². The Kier molecular flexibility index (Phi) is 6.70. The van der Waals surface area contributed by atoms with E-state index in [4.69, 9.17) is 4.42 Å². The normalized spacial score (nSPS) is 14.6. The van der Waals surface area contributed by atoms with E-state index in [0.717, 1.165) is 36.6 Å². The van der Waals surface area contributed by atoms with E-state index in [-0.39, 0.29) is 17.0 Å². The first-order chi connectivity index (χ1) is 16.3. The van der Waals surface area contributed by atoms with Gasteiger partial charge in [-0.2, -0.15) is 5.26 Å². The summed E-state index contributed by atoms with van der Waals surface area (Å²) in [6.07, 6.45) is 3.49. The van der Waals surface area contributed by atoms with Crippen molar-refractivity contribution in [1.29, 1.82) is 5.26 Å². The van der Waals surface area contributed by atoms with Gasteiger partial charge in [-0.15, -0.1) is 10.2 Å². The van der Waals surface area contributed by atoms with Gasteiger partial charge >= 0.3 is 0 Å². The van der Waals surface area contributed by atoms with Crippen molar-refractivity contribution in [2.45, 2.75) is 26.7 Å². The molecule has 2 aromatic heterocycles. The molecule has 1 aliphatic heterocycles. The second-order valence-electron chi connectivity index (χ2n) is 8.14. The van der Waals surface area contributed by atoms with Crippen LogP contribution in [0.5, 0.6) is 0 Å². The van der Waals surface area contributed by atoms with Gasteiger partial charge in [0.1, 0.15) is 23.2 Å². The van der Waals surface area contributed by atoms with Gasteiger partial charge in [-0.3, -0.25) is 20.2 Å². The number of nitrogens with zero attached hydrogens (tertiary/aromatic N) is 5. The van der Waals surface area contributed by atoms with Crippen LogP contribution < -0.4 is 10.2 Å². The van der Waals surface area contributed by atoms with Gasteiger partial charge in [0.05, 0.1) is 4.92 Å². The first kappa shape index (κ1) is 23.1. The summed E-state index contributed by atoms with van der Waals surface area (Å²) in [4.78, 5) is 25.4. The minimum atomic E-state index is -0.623. The number of piperidine rings is 1. The fraction of sp³-hybridized carbons (Fsp3) is 0.304. The molecule has 11 heteroatoms. The molecule has 3 aromatic rings. The van der Waals surface area contributed by atoms with Gasteiger partial charge in [-0.05, 0) is 43.4 Å². The predicted octanol–water partition coefficient (Wildman–Crippen LogP) is 4.80. The molecule has 34 heavy (non-hydrogen) atoms. The number of amides is 1. The number of nitrogens with one attached hydrogen (secondary N) is 1. The van der Waals surface area contributed by atoms with Crippen molar-refractivity contribution in [1.82, 2.24) is 10.2 Å². The van der Waals surface area contributed by atoms with Crippen LogP contribution in [0.4, 0.5) is 16.0 Å². The van der Waals surface area contributed by atoms with Crippen molar-refractivity contribution in [3.05, 3.63) is 57.3 Å². The number of hydrogen-bond donors (Lipinski definition) is 1. The number of hydrogen-bond acceptors (Lipinski definition) is 9. The molecule has 0 atom stereocenters.